The second kappa shape index (κ2) is 6.70. The molecule has 5 heteroatoms. The van der Waals surface area contributed by atoms with E-state index in [0.717, 1.165) is 18.5 Å². The maximum absolute atomic E-state index is 11.1. The van der Waals surface area contributed by atoms with Crippen molar-refractivity contribution in [3.05, 3.63) is 29.3 Å². The van der Waals surface area contributed by atoms with E-state index in [2.05, 4.69) is 10.6 Å². The first-order valence-electron chi connectivity index (χ1n) is 6.98. The molecule has 0 unspecified atom stereocenters. The van der Waals surface area contributed by atoms with Gasteiger partial charge in [0.1, 0.15) is 0 Å². The number of hydrogen-bond donors (Lipinski definition) is 3. The zero-order valence-electron chi connectivity index (χ0n) is 11.6. The number of thiocarbonyl (C=S) groups is 1. The van der Waals surface area contributed by atoms with Crippen molar-refractivity contribution in [1.82, 2.24) is 5.32 Å². The summed E-state index contributed by atoms with van der Waals surface area (Å²) in [4.78, 5) is 11.1. The van der Waals surface area contributed by atoms with Gasteiger partial charge in [-0.25, -0.2) is 4.79 Å². The highest BCUT2D eigenvalue weighted by atomic mass is 32.1. The van der Waals surface area contributed by atoms with Crippen molar-refractivity contribution in [2.45, 2.75) is 45.1 Å². The van der Waals surface area contributed by atoms with Crippen LogP contribution in [0.25, 0.3) is 0 Å². The number of carboxylic acids is 1. The standard InChI is InChI=1S/C15H20N2O2S/c1-10-12(14(18)19)8-5-9-13(10)17-15(20)16-11-6-3-2-4-7-11/h5,8-9,11H,2-4,6-7H2,1H3,(H,18,19)(H2,16,17,20). The molecule has 0 spiro atoms. The van der Waals surface area contributed by atoms with Crippen molar-refractivity contribution in [2.75, 3.05) is 5.32 Å². The van der Waals surface area contributed by atoms with Gasteiger partial charge in [-0.1, -0.05) is 25.3 Å². The van der Waals surface area contributed by atoms with Crippen molar-refractivity contribution < 1.29 is 9.90 Å². The van der Waals surface area contributed by atoms with Crippen molar-refractivity contribution in [2.24, 2.45) is 0 Å². The lowest BCUT2D eigenvalue weighted by molar-refractivity contribution is 0.0696. The summed E-state index contributed by atoms with van der Waals surface area (Å²) in [5.74, 6) is -0.919. The Morgan fingerprint density at radius 2 is 2.00 bits per heavy atom. The highest BCUT2D eigenvalue weighted by molar-refractivity contribution is 7.80. The van der Waals surface area contributed by atoms with Crippen LogP contribution in [0.15, 0.2) is 18.2 Å². The monoisotopic (exact) mass is 292 g/mol. The van der Waals surface area contributed by atoms with Gasteiger partial charge < -0.3 is 15.7 Å². The minimum Gasteiger partial charge on any atom is -0.478 e. The van der Waals surface area contributed by atoms with Gasteiger partial charge in [0.2, 0.25) is 0 Å². The summed E-state index contributed by atoms with van der Waals surface area (Å²) >= 11 is 5.32. The number of carbonyl (C=O) groups is 1. The van der Waals surface area contributed by atoms with E-state index in [1.54, 1.807) is 19.1 Å². The van der Waals surface area contributed by atoms with Crippen LogP contribution in [0.1, 0.15) is 48.0 Å². The molecule has 1 aliphatic carbocycles. The number of hydrogen-bond acceptors (Lipinski definition) is 2. The third kappa shape index (κ3) is 3.70. The zero-order valence-corrected chi connectivity index (χ0v) is 12.4. The van der Waals surface area contributed by atoms with Crippen molar-refractivity contribution >= 4 is 29.0 Å². The minimum absolute atomic E-state index is 0.301. The molecule has 0 aromatic heterocycles. The van der Waals surface area contributed by atoms with Gasteiger partial charge in [-0.15, -0.1) is 0 Å². The number of aromatic carboxylic acids is 1. The number of nitrogens with one attached hydrogen (secondary N) is 2. The van der Waals surface area contributed by atoms with Crippen LogP contribution in [-0.2, 0) is 0 Å². The summed E-state index contributed by atoms with van der Waals surface area (Å²) in [7, 11) is 0. The second-order valence-corrected chi connectivity index (χ2v) is 5.62. The Kier molecular flexibility index (Phi) is 4.95. The van der Waals surface area contributed by atoms with E-state index in [1.807, 2.05) is 6.07 Å². The van der Waals surface area contributed by atoms with Gasteiger partial charge in [-0.2, -0.15) is 0 Å². The van der Waals surface area contributed by atoms with E-state index in [9.17, 15) is 4.79 Å². The molecule has 0 radical (unpaired) electrons. The predicted molar refractivity (Wildman–Crippen MR) is 84.4 cm³/mol. The van der Waals surface area contributed by atoms with Crippen LogP contribution in [-0.4, -0.2) is 22.2 Å². The molecule has 1 aromatic rings. The number of carboxylic acid groups (broad SMARTS) is 1. The molecule has 20 heavy (non-hydrogen) atoms. The lowest BCUT2D eigenvalue weighted by Gasteiger charge is -2.24. The normalized spacial score (nSPS) is 15.7. The van der Waals surface area contributed by atoms with Gasteiger partial charge in [0, 0.05) is 11.7 Å². The average Bonchev–Trinajstić information content (AvgIpc) is 2.42. The maximum Gasteiger partial charge on any atom is 0.336 e. The van der Waals surface area contributed by atoms with Crippen LogP contribution in [0.4, 0.5) is 5.69 Å². The smallest absolute Gasteiger partial charge is 0.336 e. The maximum atomic E-state index is 11.1. The van der Waals surface area contributed by atoms with E-state index in [4.69, 9.17) is 17.3 Å². The molecule has 1 aliphatic rings. The summed E-state index contributed by atoms with van der Waals surface area (Å²) in [6, 6.07) is 5.60. The SMILES string of the molecule is Cc1c(NC(=S)NC2CCCCC2)cccc1C(=O)O. The summed E-state index contributed by atoms with van der Waals surface area (Å²) < 4.78 is 0. The average molecular weight is 292 g/mol. The molecule has 0 amide bonds. The zero-order chi connectivity index (χ0) is 14.5. The number of rotatable bonds is 3. The van der Waals surface area contributed by atoms with E-state index < -0.39 is 5.97 Å². The Balaban J connectivity index is 2.00. The first-order chi connectivity index (χ1) is 9.58. The summed E-state index contributed by atoms with van der Waals surface area (Å²) in [6.45, 7) is 1.79. The molecule has 0 bridgehead atoms. The van der Waals surface area contributed by atoms with E-state index in [-0.39, 0.29) is 0 Å². The summed E-state index contributed by atoms with van der Waals surface area (Å²) in [6.07, 6.45) is 6.09. The van der Waals surface area contributed by atoms with Crippen LogP contribution >= 0.6 is 12.2 Å². The Morgan fingerprint density at radius 3 is 2.65 bits per heavy atom. The lowest BCUT2D eigenvalue weighted by atomic mass is 9.96. The molecular formula is C15H20N2O2S. The van der Waals surface area contributed by atoms with Crippen LogP contribution in [0.2, 0.25) is 0 Å². The molecule has 1 aromatic carbocycles. The number of anilines is 1. The molecule has 1 saturated carbocycles. The van der Waals surface area contributed by atoms with Crippen LogP contribution in [0.3, 0.4) is 0 Å². The van der Waals surface area contributed by atoms with Gasteiger partial charge in [0.05, 0.1) is 5.56 Å². The van der Waals surface area contributed by atoms with Gasteiger partial charge in [-0.05, 0) is 49.7 Å². The lowest BCUT2D eigenvalue weighted by Crippen LogP contribution is -2.39. The Hall–Kier alpha value is -1.62. The third-order valence-electron chi connectivity index (χ3n) is 3.75. The molecular weight excluding hydrogens is 272 g/mol. The quantitative estimate of drug-likeness (QED) is 0.746. The van der Waals surface area contributed by atoms with E-state index in [0.29, 0.717) is 22.3 Å². The third-order valence-corrected chi connectivity index (χ3v) is 3.97. The topological polar surface area (TPSA) is 61.4 Å². The van der Waals surface area contributed by atoms with Gasteiger partial charge >= 0.3 is 5.97 Å². The first-order valence-corrected chi connectivity index (χ1v) is 7.39. The summed E-state index contributed by atoms with van der Waals surface area (Å²) in [5.41, 5.74) is 1.75. The fraction of sp³-hybridized carbons (Fsp3) is 0.467. The Labute approximate surface area is 124 Å². The van der Waals surface area contributed by atoms with Crippen molar-refractivity contribution in [3.8, 4) is 0 Å². The first kappa shape index (κ1) is 14.8. The highest BCUT2D eigenvalue weighted by Gasteiger charge is 2.15. The minimum atomic E-state index is -0.919. The molecule has 0 heterocycles. The molecule has 0 atom stereocenters. The van der Waals surface area contributed by atoms with E-state index >= 15 is 0 Å². The molecule has 1 fully saturated rings. The van der Waals surface area contributed by atoms with Crippen molar-refractivity contribution in [3.63, 3.8) is 0 Å². The van der Waals surface area contributed by atoms with Crippen LogP contribution < -0.4 is 10.6 Å². The van der Waals surface area contributed by atoms with E-state index in [1.165, 1.54) is 19.3 Å². The predicted octanol–water partition coefficient (Wildman–Crippen LogP) is 3.31. The van der Waals surface area contributed by atoms with Gasteiger partial charge in [0.15, 0.2) is 5.11 Å². The largest absolute Gasteiger partial charge is 0.478 e. The number of benzene rings is 1. The molecule has 108 valence electrons. The fourth-order valence-electron chi connectivity index (χ4n) is 2.59. The van der Waals surface area contributed by atoms with Crippen molar-refractivity contribution in [1.29, 1.82) is 0 Å². The van der Waals surface area contributed by atoms with Crippen LogP contribution in [0.5, 0.6) is 0 Å². The molecule has 0 aliphatic heterocycles. The second-order valence-electron chi connectivity index (χ2n) is 5.22. The Bertz CT molecular complexity index is 511. The molecule has 2 rings (SSSR count). The molecule has 0 saturated heterocycles. The molecule has 4 nitrogen and oxygen atoms in total. The fourth-order valence-corrected chi connectivity index (χ4v) is 2.87. The molecule has 3 N–H and O–H groups in total. The van der Waals surface area contributed by atoms with Crippen LogP contribution in [0, 0.1) is 6.92 Å². The van der Waals surface area contributed by atoms with Gasteiger partial charge in [-0.3, -0.25) is 0 Å². The Morgan fingerprint density at radius 1 is 1.30 bits per heavy atom. The summed E-state index contributed by atoms with van der Waals surface area (Å²) in [5, 5.41) is 16.1. The highest BCUT2D eigenvalue weighted by Crippen LogP contribution is 2.20. The van der Waals surface area contributed by atoms with Gasteiger partial charge in [0.25, 0.3) is 0 Å².